The quantitative estimate of drug-likeness (QED) is 0.863. The maximum absolute atomic E-state index is 6.06. The predicted molar refractivity (Wildman–Crippen MR) is 69.3 cm³/mol. The normalized spacial score (nSPS) is 20.2. The summed E-state index contributed by atoms with van der Waals surface area (Å²) in [4.78, 5) is 0. The van der Waals surface area contributed by atoms with Crippen molar-refractivity contribution in [2.45, 2.75) is 38.6 Å². The molecule has 0 atom stereocenters. The number of rotatable bonds is 3. The van der Waals surface area contributed by atoms with Gasteiger partial charge < -0.3 is 10.1 Å². The molecule has 1 aliphatic heterocycles. The molecule has 0 aromatic heterocycles. The lowest BCUT2D eigenvalue weighted by molar-refractivity contribution is 0.249. The molecule has 0 radical (unpaired) electrons. The van der Waals surface area contributed by atoms with Crippen molar-refractivity contribution < 1.29 is 4.74 Å². The maximum Gasteiger partial charge on any atom is 0.122 e. The van der Waals surface area contributed by atoms with Gasteiger partial charge in [-0.15, -0.1) is 0 Å². The van der Waals surface area contributed by atoms with Crippen LogP contribution in [0.3, 0.4) is 0 Å². The molecular weight excluding hydrogens is 210 g/mol. The average Bonchev–Trinajstić information content (AvgIpc) is 2.89. The fourth-order valence-electron chi connectivity index (χ4n) is 3.02. The van der Waals surface area contributed by atoms with Crippen LogP contribution >= 0.6 is 0 Å². The zero-order chi connectivity index (χ0) is 11.5. The highest BCUT2D eigenvalue weighted by molar-refractivity contribution is 5.41. The Kier molecular flexibility index (Phi) is 3.32. The maximum atomic E-state index is 6.06. The Bertz CT molecular complexity index is 383. The van der Waals surface area contributed by atoms with E-state index in [0.717, 1.165) is 37.8 Å². The van der Waals surface area contributed by atoms with Crippen LogP contribution in [0.5, 0.6) is 5.75 Å². The van der Waals surface area contributed by atoms with Gasteiger partial charge in [0.05, 0.1) is 6.61 Å². The molecule has 2 heteroatoms. The molecule has 92 valence electrons. The second kappa shape index (κ2) is 5.09. The summed E-state index contributed by atoms with van der Waals surface area (Å²) in [6, 6.07) is 6.47. The van der Waals surface area contributed by atoms with Crippen LogP contribution in [0, 0.1) is 5.92 Å². The van der Waals surface area contributed by atoms with Gasteiger partial charge >= 0.3 is 0 Å². The van der Waals surface area contributed by atoms with Crippen molar-refractivity contribution >= 4 is 0 Å². The molecule has 1 heterocycles. The number of nitrogens with one attached hydrogen (secondary N) is 1. The Morgan fingerprint density at radius 3 is 3.00 bits per heavy atom. The lowest BCUT2D eigenvalue weighted by Gasteiger charge is -2.21. The molecule has 0 amide bonds. The van der Waals surface area contributed by atoms with E-state index in [9.17, 15) is 0 Å². The third-order valence-electron chi connectivity index (χ3n) is 4.05. The first-order chi connectivity index (χ1) is 8.43. The van der Waals surface area contributed by atoms with Gasteiger partial charge in [0.2, 0.25) is 0 Å². The lowest BCUT2D eigenvalue weighted by atomic mass is 10.00. The molecule has 0 unspecified atom stereocenters. The zero-order valence-corrected chi connectivity index (χ0v) is 10.4. The molecule has 17 heavy (non-hydrogen) atoms. The molecule has 2 aliphatic rings. The Morgan fingerprint density at radius 2 is 2.12 bits per heavy atom. The number of hydrogen-bond acceptors (Lipinski definition) is 2. The Balaban J connectivity index is 1.69. The topological polar surface area (TPSA) is 21.3 Å². The number of hydrogen-bond donors (Lipinski definition) is 1. The minimum absolute atomic E-state index is 0.799. The Hall–Kier alpha value is -1.02. The van der Waals surface area contributed by atoms with E-state index in [4.69, 9.17) is 4.74 Å². The highest BCUT2D eigenvalue weighted by atomic mass is 16.5. The van der Waals surface area contributed by atoms with E-state index in [-0.39, 0.29) is 0 Å². The molecule has 1 N–H and O–H groups in total. The van der Waals surface area contributed by atoms with E-state index in [2.05, 4.69) is 23.5 Å². The van der Waals surface area contributed by atoms with Crippen molar-refractivity contribution in [2.24, 2.45) is 5.92 Å². The van der Waals surface area contributed by atoms with E-state index in [1.807, 2.05) is 0 Å². The fourth-order valence-corrected chi connectivity index (χ4v) is 3.02. The minimum Gasteiger partial charge on any atom is -0.493 e. The van der Waals surface area contributed by atoms with Gasteiger partial charge in [0.1, 0.15) is 5.75 Å². The van der Waals surface area contributed by atoms with Gasteiger partial charge in [-0.3, -0.25) is 0 Å². The van der Waals surface area contributed by atoms with E-state index in [1.165, 1.54) is 36.8 Å². The first-order valence-corrected chi connectivity index (χ1v) is 6.88. The monoisotopic (exact) mass is 231 g/mol. The summed E-state index contributed by atoms with van der Waals surface area (Å²) in [5.41, 5.74) is 2.85. The first-order valence-electron chi connectivity index (χ1n) is 6.88. The molecule has 1 aromatic rings. The van der Waals surface area contributed by atoms with E-state index >= 15 is 0 Å². The summed E-state index contributed by atoms with van der Waals surface area (Å²) in [6.45, 7) is 3.00. The highest BCUT2D eigenvalue weighted by Crippen LogP contribution is 2.29. The summed E-state index contributed by atoms with van der Waals surface area (Å²) in [7, 11) is 0. The van der Waals surface area contributed by atoms with Gasteiger partial charge in [0, 0.05) is 6.54 Å². The molecule has 1 saturated carbocycles. The zero-order valence-electron chi connectivity index (χ0n) is 10.4. The van der Waals surface area contributed by atoms with Gasteiger partial charge in [0.25, 0.3) is 0 Å². The third kappa shape index (κ3) is 2.47. The standard InChI is InChI=1S/C15H21NO/c1-2-5-12(4-1)11-17-15-7-3-6-13-10-16-9-8-14(13)15/h3,6-7,12,16H,1-2,4-5,8-11H2. The minimum atomic E-state index is 0.799. The Labute approximate surface area is 103 Å². The largest absolute Gasteiger partial charge is 0.493 e. The van der Waals surface area contributed by atoms with Crippen LogP contribution in [0.25, 0.3) is 0 Å². The Morgan fingerprint density at radius 1 is 1.24 bits per heavy atom. The van der Waals surface area contributed by atoms with Crippen LogP contribution in [0.1, 0.15) is 36.8 Å². The average molecular weight is 231 g/mol. The van der Waals surface area contributed by atoms with Crippen LogP contribution in [-0.4, -0.2) is 13.2 Å². The summed E-state index contributed by atoms with van der Waals surface area (Å²) in [6.07, 6.45) is 6.61. The fraction of sp³-hybridized carbons (Fsp3) is 0.600. The molecular formula is C15H21NO. The molecule has 2 nitrogen and oxygen atoms in total. The van der Waals surface area contributed by atoms with E-state index in [1.54, 1.807) is 0 Å². The van der Waals surface area contributed by atoms with Gasteiger partial charge in [-0.2, -0.15) is 0 Å². The van der Waals surface area contributed by atoms with Crippen molar-refractivity contribution in [3.05, 3.63) is 29.3 Å². The molecule has 0 bridgehead atoms. The van der Waals surface area contributed by atoms with Gasteiger partial charge in [0.15, 0.2) is 0 Å². The van der Waals surface area contributed by atoms with Gasteiger partial charge in [-0.25, -0.2) is 0 Å². The van der Waals surface area contributed by atoms with Crippen LogP contribution in [0.15, 0.2) is 18.2 Å². The third-order valence-corrected chi connectivity index (χ3v) is 4.05. The van der Waals surface area contributed by atoms with Crippen molar-refractivity contribution in [2.75, 3.05) is 13.2 Å². The first kappa shape index (κ1) is 11.1. The molecule has 0 spiro atoms. The van der Waals surface area contributed by atoms with Crippen LogP contribution in [-0.2, 0) is 13.0 Å². The number of ether oxygens (including phenoxy) is 1. The van der Waals surface area contributed by atoms with Crippen molar-refractivity contribution in [3.8, 4) is 5.75 Å². The predicted octanol–water partition coefficient (Wildman–Crippen LogP) is 2.90. The van der Waals surface area contributed by atoms with Crippen LogP contribution in [0.4, 0.5) is 0 Å². The van der Waals surface area contributed by atoms with Gasteiger partial charge in [-0.05, 0) is 48.9 Å². The van der Waals surface area contributed by atoms with E-state index in [0.29, 0.717) is 0 Å². The summed E-state index contributed by atoms with van der Waals surface area (Å²) < 4.78 is 6.06. The van der Waals surface area contributed by atoms with E-state index < -0.39 is 0 Å². The second-order valence-electron chi connectivity index (χ2n) is 5.28. The molecule has 1 aliphatic carbocycles. The van der Waals surface area contributed by atoms with Crippen LogP contribution < -0.4 is 10.1 Å². The van der Waals surface area contributed by atoms with Crippen molar-refractivity contribution in [1.29, 1.82) is 0 Å². The second-order valence-corrected chi connectivity index (χ2v) is 5.28. The van der Waals surface area contributed by atoms with Crippen LogP contribution in [0.2, 0.25) is 0 Å². The molecule has 1 aromatic carbocycles. The van der Waals surface area contributed by atoms with Crippen molar-refractivity contribution in [1.82, 2.24) is 5.32 Å². The van der Waals surface area contributed by atoms with Crippen molar-refractivity contribution in [3.63, 3.8) is 0 Å². The molecule has 0 saturated heterocycles. The highest BCUT2D eigenvalue weighted by Gasteiger charge is 2.17. The smallest absolute Gasteiger partial charge is 0.122 e. The molecule has 3 rings (SSSR count). The molecule has 1 fully saturated rings. The number of benzene rings is 1. The summed E-state index contributed by atoms with van der Waals surface area (Å²) >= 11 is 0. The summed E-state index contributed by atoms with van der Waals surface area (Å²) in [5.74, 6) is 1.93. The number of fused-ring (bicyclic) bond motifs is 1. The SMILES string of the molecule is c1cc2c(c(OCC3CCCC3)c1)CCNC2. The van der Waals surface area contributed by atoms with Gasteiger partial charge in [-0.1, -0.05) is 25.0 Å². The summed E-state index contributed by atoms with van der Waals surface area (Å²) in [5, 5.41) is 3.41. The lowest BCUT2D eigenvalue weighted by Crippen LogP contribution is -2.24.